The summed E-state index contributed by atoms with van der Waals surface area (Å²) in [5.41, 5.74) is 5.95. The number of carbonyl (C=O) groups is 1. The van der Waals surface area contributed by atoms with Crippen LogP contribution in [-0.2, 0) is 15.6 Å². The Balaban J connectivity index is 2.63. The molecule has 0 unspecified atom stereocenters. The van der Waals surface area contributed by atoms with E-state index < -0.39 is 8.07 Å². The fraction of sp³-hybridized carbons (Fsp3) is 0.464. The van der Waals surface area contributed by atoms with Gasteiger partial charge in [0.15, 0.2) is 0 Å². The van der Waals surface area contributed by atoms with Crippen molar-refractivity contribution < 1.29 is 9.53 Å². The van der Waals surface area contributed by atoms with E-state index in [4.69, 9.17) is 4.74 Å². The first-order valence-corrected chi connectivity index (χ1v) is 14.8. The SMILES string of the molecule is CCOC(=O)c1ccc(/C=C(/c2cc(C(C)(C)C)cc(C(C)(C)C)c2)[Si](C)(C)C)cc1. The summed E-state index contributed by atoms with van der Waals surface area (Å²) in [6, 6.07) is 14.9. The van der Waals surface area contributed by atoms with Gasteiger partial charge in [-0.05, 0) is 52.1 Å². The van der Waals surface area contributed by atoms with Crippen molar-refractivity contribution >= 4 is 25.3 Å². The number of esters is 1. The molecule has 3 heteroatoms. The summed E-state index contributed by atoms with van der Waals surface area (Å²) >= 11 is 0. The van der Waals surface area contributed by atoms with Gasteiger partial charge in [-0.15, -0.1) is 0 Å². The maximum absolute atomic E-state index is 12.0. The highest BCUT2D eigenvalue weighted by atomic mass is 28.3. The van der Waals surface area contributed by atoms with Crippen LogP contribution in [-0.4, -0.2) is 20.7 Å². The van der Waals surface area contributed by atoms with Gasteiger partial charge in [-0.25, -0.2) is 4.79 Å². The zero-order chi connectivity index (χ0) is 23.6. The Bertz CT molecular complexity index is 914. The van der Waals surface area contributed by atoms with E-state index in [0.29, 0.717) is 12.2 Å². The van der Waals surface area contributed by atoms with Crippen molar-refractivity contribution in [3.8, 4) is 0 Å². The van der Waals surface area contributed by atoms with Crippen molar-refractivity contribution in [1.29, 1.82) is 0 Å². The lowest BCUT2D eigenvalue weighted by Crippen LogP contribution is -2.24. The van der Waals surface area contributed by atoms with Crippen molar-refractivity contribution in [1.82, 2.24) is 0 Å². The van der Waals surface area contributed by atoms with Crippen molar-refractivity contribution in [2.24, 2.45) is 0 Å². The first-order chi connectivity index (χ1) is 14.1. The van der Waals surface area contributed by atoms with Gasteiger partial charge in [0.25, 0.3) is 0 Å². The summed E-state index contributed by atoms with van der Waals surface area (Å²) in [6.45, 7) is 23.1. The molecule has 0 aliphatic heterocycles. The monoisotopic (exact) mass is 436 g/mol. The second-order valence-corrected chi connectivity index (χ2v) is 16.5. The topological polar surface area (TPSA) is 26.3 Å². The predicted molar refractivity (Wildman–Crippen MR) is 137 cm³/mol. The van der Waals surface area contributed by atoms with Gasteiger partial charge >= 0.3 is 5.97 Å². The third-order valence-electron chi connectivity index (χ3n) is 5.52. The van der Waals surface area contributed by atoms with Crippen LogP contribution in [0.1, 0.15) is 81.1 Å². The molecular weight excluding hydrogens is 396 g/mol. The lowest BCUT2D eigenvalue weighted by Gasteiger charge is -2.29. The van der Waals surface area contributed by atoms with Crippen LogP contribution in [0.15, 0.2) is 42.5 Å². The summed E-state index contributed by atoms with van der Waals surface area (Å²) in [4.78, 5) is 12.0. The van der Waals surface area contributed by atoms with Crippen LogP contribution in [0.25, 0.3) is 11.3 Å². The number of benzene rings is 2. The summed E-state index contributed by atoms with van der Waals surface area (Å²) < 4.78 is 5.11. The molecule has 0 heterocycles. The smallest absolute Gasteiger partial charge is 0.338 e. The summed E-state index contributed by atoms with van der Waals surface area (Å²) in [5.74, 6) is -0.267. The number of hydrogen-bond acceptors (Lipinski definition) is 2. The predicted octanol–water partition coefficient (Wildman–Crippen LogP) is 7.88. The van der Waals surface area contributed by atoms with Crippen molar-refractivity contribution in [3.05, 3.63) is 70.3 Å². The zero-order valence-electron chi connectivity index (χ0n) is 21.1. The van der Waals surface area contributed by atoms with E-state index in [9.17, 15) is 4.79 Å². The van der Waals surface area contributed by atoms with Crippen molar-refractivity contribution in [2.45, 2.75) is 78.9 Å². The van der Waals surface area contributed by atoms with Gasteiger partial charge in [0, 0.05) is 0 Å². The van der Waals surface area contributed by atoms with Crippen LogP contribution in [0.2, 0.25) is 19.6 Å². The fourth-order valence-corrected chi connectivity index (χ4v) is 5.09. The largest absolute Gasteiger partial charge is 0.462 e. The first kappa shape index (κ1) is 25.1. The van der Waals surface area contributed by atoms with Crippen LogP contribution in [0, 0.1) is 0 Å². The third kappa shape index (κ3) is 6.67. The molecule has 0 aromatic heterocycles. The highest BCUT2D eigenvalue weighted by molar-refractivity contribution is 6.94. The quantitative estimate of drug-likeness (QED) is 0.271. The Hall–Kier alpha value is -2.13. The van der Waals surface area contributed by atoms with Gasteiger partial charge in [0.2, 0.25) is 0 Å². The molecule has 2 rings (SSSR count). The van der Waals surface area contributed by atoms with Gasteiger partial charge in [-0.1, -0.05) is 103 Å². The molecule has 168 valence electrons. The number of hydrogen-bond donors (Lipinski definition) is 0. The minimum absolute atomic E-state index is 0.0852. The molecule has 2 nitrogen and oxygen atoms in total. The maximum atomic E-state index is 12.0. The lowest BCUT2D eigenvalue weighted by molar-refractivity contribution is 0.0526. The molecule has 31 heavy (non-hydrogen) atoms. The summed E-state index contributed by atoms with van der Waals surface area (Å²) in [5, 5.41) is 1.42. The van der Waals surface area contributed by atoms with Crippen LogP contribution >= 0.6 is 0 Å². The van der Waals surface area contributed by atoms with Gasteiger partial charge in [-0.2, -0.15) is 0 Å². The molecule has 2 aromatic rings. The minimum Gasteiger partial charge on any atom is -0.462 e. The van der Waals surface area contributed by atoms with Gasteiger partial charge < -0.3 is 4.74 Å². The lowest BCUT2D eigenvalue weighted by atomic mass is 9.79. The maximum Gasteiger partial charge on any atom is 0.338 e. The Kier molecular flexibility index (Phi) is 7.42. The highest BCUT2D eigenvalue weighted by Gasteiger charge is 2.26. The van der Waals surface area contributed by atoms with E-state index in [1.807, 2.05) is 31.2 Å². The Labute approximate surface area is 190 Å². The highest BCUT2D eigenvalue weighted by Crippen LogP contribution is 2.36. The fourth-order valence-electron chi connectivity index (χ4n) is 3.48. The molecule has 0 saturated heterocycles. The molecule has 0 atom stereocenters. The Morgan fingerprint density at radius 2 is 1.32 bits per heavy atom. The van der Waals surface area contributed by atoms with Crippen LogP contribution in [0.3, 0.4) is 0 Å². The molecule has 0 N–H and O–H groups in total. The average Bonchev–Trinajstić information content (AvgIpc) is 2.64. The number of ether oxygens (including phenoxy) is 1. The third-order valence-corrected chi connectivity index (χ3v) is 7.57. The van der Waals surface area contributed by atoms with Crippen LogP contribution in [0.4, 0.5) is 0 Å². The van der Waals surface area contributed by atoms with Crippen molar-refractivity contribution in [3.63, 3.8) is 0 Å². The number of carbonyl (C=O) groups excluding carboxylic acids is 1. The molecule has 0 aliphatic rings. The average molecular weight is 437 g/mol. The molecule has 2 aromatic carbocycles. The minimum atomic E-state index is -1.65. The second kappa shape index (κ2) is 9.16. The standard InChI is InChI=1S/C28H40O2Si/c1-11-30-26(29)21-14-12-20(13-15-21)16-25(31(8,9)10)22-17-23(27(2,3)4)19-24(18-22)28(5,6)7/h12-19H,11H2,1-10H3/b25-16-. The van der Waals surface area contributed by atoms with E-state index in [1.54, 1.807) is 0 Å². The molecule has 0 bridgehead atoms. The second-order valence-electron chi connectivity index (χ2n) is 11.4. The number of rotatable bonds is 5. The van der Waals surface area contributed by atoms with Gasteiger partial charge in [0.1, 0.15) is 0 Å². The summed E-state index contributed by atoms with van der Waals surface area (Å²) in [6.07, 6.45) is 2.31. The Morgan fingerprint density at radius 3 is 1.71 bits per heavy atom. The summed E-state index contributed by atoms with van der Waals surface area (Å²) in [7, 11) is -1.65. The molecule has 0 saturated carbocycles. The van der Waals surface area contributed by atoms with Crippen molar-refractivity contribution in [2.75, 3.05) is 6.61 Å². The molecular formula is C28H40O2Si. The van der Waals surface area contributed by atoms with Gasteiger partial charge in [0.05, 0.1) is 20.2 Å². The van der Waals surface area contributed by atoms with Gasteiger partial charge in [-0.3, -0.25) is 0 Å². The van der Waals surface area contributed by atoms with Crippen LogP contribution < -0.4 is 0 Å². The van der Waals surface area contributed by atoms with E-state index in [2.05, 4.69) is 85.5 Å². The van der Waals surface area contributed by atoms with E-state index >= 15 is 0 Å². The Morgan fingerprint density at radius 1 is 0.839 bits per heavy atom. The molecule has 0 radical (unpaired) electrons. The molecule has 0 amide bonds. The van der Waals surface area contributed by atoms with E-state index in [-0.39, 0.29) is 16.8 Å². The normalized spacial score (nSPS) is 13.3. The van der Waals surface area contributed by atoms with E-state index in [1.165, 1.54) is 21.9 Å². The van der Waals surface area contributed by atoms with E-state index in [0.717, 1.165) is 5.56 Å². The van der Waals surface area contributed by atoms with Crippen LogP contribution in [0.5, 0.6) is 0 Å². The molecule has 0 spiro atoms. The molecule has 0 aliphatic carbocycles. The first-order valence-electron chi connectivity index (χ1n) is 11.3. The molecule has 0 fully saturated rings. The zero-order valence-corrected chi connectivity index (χ0v) is 22.1.